The summed E-state index contributed by atoms with van der Waals surface area (Å²) in [5, 5.41) is 8.02. The molecule has 0 amide bonds. The van der Waals surface area contributed by atoms with E-state index in [4.69, 9.17) is 9.15 Å². The molecule has 5 nitrogen and oxygen atoms in total. The molecule has 2 aromatic heterocycles. The molecule has 2 aromatic rings. The first kappa shape index (κ1) is 15.3. The summed E-state index contributed by atoms with van der Waals surface area (Å²) < 4.78 is 13.6. The normalized spacial score (nSPS) is 21.6. The van der Waals surface area contributed by atoms with Crippen molar-refractivity contribution in [3.8, 4) is 0 Å². The Morgan fingerprint density at radius 2 is 2.14 bits per heavy atom. The Morgan fingerprint density at radius 1 is 1.32 bits per heavy atom. The Labute approximate surface area is 131 Å². The van der Waals surface area contributed by atoms with Crippen LogP contribution in [-0.4, -0.2) is 22.9 Å². The summed E-state index contributed by atoms with van der Waals surface area (Å²) in [6, 6.07) is 4.03. The fraction of sp³-hybridized carbons (Fsp3) is 0.588. The Kier molecular flexibility index (Phi) is 4.36. The van der Waals surface area contributed by atoms with Crippen LogP contribution in [0.3, 0.4) is 0 Å². The molecule has 0 radical (unpaired) electrons. The zero-order chi connectivity index (χ0) is 15.7. The summed E-state index contributed by atoms with van der Waals surface area (Å²) in [6.45, 7) is 8.68. The van der Waals surface area contributed by atoms with E-state index in [9.17, 15) is 0 Å². The third-order valence-corrected chi connectivity index (χ3v) is 4.57. The largest absolute Gasteiger partial charge is 0.465 e. The molecular weight excluding hydrogens is 278 g/mol. The van der Waals surface area contributed by atoms with E-state index in [0.717, 1.165) is 43.3 Å². The van der Waals surface area contributed by atoms with Crippen molar-refractivity contribution in [3.63, 3.8) is 0 Å². The number of furan rings is 1. The number of nitrogens with one attached hydrogen (secondary N) is 1. The van der Waals surface area contributed by atoms with Crippen LogP contribution in [0.2, 0.25) is 0 Å². The third-order valence-electron chi connectivity index (χ3n) is 4.57. The fourth-order valence-corrected chi connectivity index (χ4v) is 3.32. The molecule has 0 saturated carbocycles. The Bertz CT molecular complexity index is 644. The number of hydrogen-bond acceptors (Lipinski definition) is 4. The SMILES string of the molecule is Cc1ccc(CNCC2CCOC2c2c(C)nn(C)c2C)o1. The highest BCUT2D eigenvalue weighted by molar-refractivity contribution is 5.28. The van der Waals surface area contributed by atoms with Crippen molar-refractivity contribution in [1.29, 1.82) is 0 Å². The maximum atomic E-state index is 6.02. The molecule has 2 atom stereocenters. The molecule has 1 N–H and O–H groups in total. The lowest BCUT2D eigenvalue weighted by atomic mass is 9.94. The second-order valence-electron chi connectivity index (χ2n) is 6.19. The molecule has 0 aliphatic carbocycles. The standard InChI is InChI=1S/C17H25N3O2/c1-11-5-6-15(22-11)10-18-9-14-7-8-21-17(14)16-12(2)19-20(4)13(16)3/h5-6,14,17-18H,7-10H2,1-4H3. The van der Waals surface area contributed by atoms with Crippen molar-refractivity contribution in [2.45, 2.75) is 39.8 Å². The molecule has 3 heterocycles. The minimum Gasteiger partial charge on any atom is -0.465 e. The van der Waals surface area contributed by atoms with E-state index < -0.39 is 0 Å². The van der Waals surface area contributed by atoms with Crippen LogP contribution in [0.15, 0.2) is 16.5 Å². The van der Waals surface area contributed by atoms with Gasteiger partial charge in [0, 0.05) is 37.4 Å². The summed E-state index contributed by atoms with van der Waals surface area (Å²) in [6.07, 6.45) is 1.24. The van der Waals surface area contributed by atoms with E-state index >= 15 is 0 Å². The third kappa shape index (κ3) is 2.96. The zero-order valence-electron chi connectivity index (χ0n) is 13.8. The number of aromatic nitrogens is 2. The number of nitrogens with zero attached hydrogens (tertiary/aromatic N) is 2. The van der Waals surface area contributed by atoms with Gasteiger partial charge in [0.05, 0.1) is 18.3 Å². The highest BCUT2D eigenvalue weighted by Gasteiger charge is 2.33. The van der Waals surface area contributed by atoms with Crippen molar-refractivity contribution in [2.75, 3.05) is 13.2 Å². The summed E-state index contributed by atoms with van der Waals surface area (Å²) in [7, 11) is 1.99. The van der Waals surface area contributed by atoms with Crippen molar-refractivity contribution in [1.82, 2.24) is 15.1 Å². The maximum absolute atomic E-state index is 6.02. The van der Waals surface area contributed by atoms with E-state index in [0.29, 0.717) is 5.92 Å². The number of aryl methyl sites for hydroxylation is 3. The topological polar surface area (TPSA) is 52.2 Å². The van der Waals surface area contributed by atoms with Gasteiger partial charge in [0.2, 0.25) is 0 Å². The second-order valence-corrected chi connectivity index (χ2v) is 6.19. The van der Waals surface area contributed by atoms with Gasteiger partial charge in [-0.25, -0.2) is 0 Å². The van der Waals surface area contributed by atoms with Crippen LogP contribution in [-0.2, 0) is 18.3 Å². The molecule has 1 saturated heterocycles. The van der Waals surface area contributed by atoms with Gasteiger partial charge in [0.15, 0.2) is 0 Å². The zero-order valence-corrected chi connectivity index (χ0v) is 13.8. The first-order chi connectivity index (χ1) is 10.6. The van der Waals surface area contributed by atoms with Crippen LogP contribution in [0, 0.1) is 26.7 Å². The van der Waals surface area contributed by atoms with Crippen molar-refractivity contribution >= 4 is 0 Å². The van der Waals surface area contributed by atoms with Gasteiger partial charge < -0.3 is 14.5 Å². The van der Waals surface area contributed by atoms with E-state index in [1.165, 1.54) is 11.3 Å². The monoisotopic (exact) mass is 303 g/mol. The van der Waals surface area contributed by atoms with Gasteiger partial charge in [-0.05, 0) is 39.3 Å². The van der Waals surface area contributed by atoms with E-state index in [-0.39, 0.29) is 6.10 Å². The molecule has 5 heteroatoms. The number of rotatable bonds is 5. The molecule has 3 rings (SSSR count). The summed E-state index contributed by atoms with van der Waals surface area (Å²) in [4.78, 5) is 0. The van der Waals surface area contributed by atoms with Crippen molar-refractivity contribution in [2.24, 2.45) is 13.0 Å². The predicted octanol–water partition coefficient (Wildman–Crippen LogP) is 2.81. The van der Waals surface area contributed by atoms with Gasteiger partial charge in [-0.2, -0.15) is 5.10 Å². The minimum absolute atomic E-state index is 0.152. The molecule has 2 unspecified atom stereocenters. The summed E-state index contributed by atoms with van der Waals surface area (Å²) in [5.41, 5.74) is 3.55. The van der Waals surface area contributed by atoms with Gasteiger partial charge in [0.1, 0.15) is 11.5 Å². The molecule has 0 aromatic carbocycles. The van der Waals surface area contributed by atoms with Crippen molar-refractivity contribution in [3.05, 3.63) is 40.6 Å². The van der Waals surface area contributed by atoms with Crippen LogP contribution in [0.4, 0.5) is 0 Å². The van der Waals surface area contributed by atoms with E-state index in [1.807, 2.05) is 30.8 Å². The first-order valence-corrected chi connectivity index (χ1v) is 7.94. The average molecular weight is 303 g/mol. The average Bonchev–Trinajstić information content (AvgIpc) is 3.14. The Balaban J connectivity index is 1.63. The fourth-order valence-electron chi connectivity index (χ4n) is 3.32. The molecule has 1 aliphatic rings. The number of ether oxygens (including phenoxy) is 1. The van der Waals surface area contributed by atoms with Crippen molar-refractivity contribution < 1.29 is 9.15 Å². The Morgan fingerprint density at radius 3 is 2.77 bits per heavy atom. The molecule has 1 aliphatic heterocycles. The van der Waals surface area contributed by atoms with Crippen LogP contribution < -0.4 is 5.32 Å². The first-order valence-electron chi connectivity index (χ1n) is 7.94. The van der Waals surface area contributed by atoms with Gasteiger partial charge >= 0.3 is 0 Å². The quantitative estimate of drug-likeness (QED) is 0.923. The molecule has 1 fully saturated rings. The van der Waals surface area contributed by atoms with Gasteiger partial charge in [-0.1, -0.05) is 0 Å². The van der Waals surface area contributed by atoms with Gasteiger partial charge in [0.25, 0.3) is 0 Å². The molecule has 120 valence electrons. The summed E-state index contributed by atoms with van der Waals surface area (Å²) in [5.74, 6) is 2.43. The molecule has 0 spiro atoms. The lowest BCUT2D eigenvalue weighted by Gasteiger charge is -2.19. The van der Waals surface area contributed by atoms with Gasteiger partial charge in [-0.3, -0.25) is 4.68 Å². The van der Waals surface area contributed by atoms with E-state index in [1.54, 1.807) is 0 Å². The molecule has 0 bridgehead atoms. The van der Waals surface area contributed by atoms with E-state index in [2.05, 4.69) is 24.3 Å². The Hall–Kier alpha value is -1.59. The highest BCUT2D eigenvalue weighted by Crippen LogP contribution is 2.37. The lowest BCUT2D eigenvalue weighted by molar-refractivity contribution is 0.0892. The predicted molar refractivity (Wildman–Crippen MR) is 84.6 cm³/mol. The van der Waals surface area contributed by atoms with Crippen LogP contribution in [0.5, 0.6) is 0 Å². The maximum Gasteiger partial charge on any atom is 0.117 e. The smallest absolute Gasteiger partial charge is 0.117 e. The summed E-state index contributed by atoms with van der Waals surface area (Å²) >= 11 is 0. The highest BCUT2D eigenvalue weighted by atomic mass is 16.5. The van der Waals surface area contributed by atoms with Gasteiger partial charge in [-0.15, -0.1) is 0 Å². The lowest BCUT2D eigenvalue weighted by Crippen LogP contribution is -2.25. The number of hydrogen-bond donors (Lipinski definition) is 1. The molecular formula is C17H25N3O2. The van der Waals surface area contributed by atoms with Crippen LogP contribution in [0.25, 0.3) is 0 Å². The minimum atomic E-state index is 0.152. The molecule has 22 heavy (non-hydrogen) atoms. The second kappa shape index (κ2) is 6.26. The van der Waals surface area contributed by atoms with Crippen LogP contribution in [0.1, 0.15) is 41.0 Å². The van der Waals surface area contributed by atoms with Crippen LogP contribution >= 0.6 is 0 Å².